The van der Waals surface area contributed by atoms with Crippen molar-refractivity contribution in [3.63, 3.8) is 0 Å². The molecule has 1 aliphatic heterocycles. The number of halogens is 1. The van der Waals surface area contributed by atoms with Crippen LogP contribution in [-0.2, 0) is 4.74 Å². The second-order valence-corrected chi connectivity index (χ2v) is 9.98. The molecule has 3 aromatic rings. The number of aromatic nitrogens is 4. The Balaban J connectivity index is 1.54. The van der Waals surface area contributed by atoms with Crippen molar-refractivity contribution < 1.29 is 9.53 Å². The van der Waals surface area contributed by atoms with Gasteiger partial charge in [-0.15, -0.1) is 0 Å². The SMILES string of the molecule is CC(C)c1cc(-n2cnc([C@H](C)Nc3nccc(N4C(=O)OC[C@@]4(C)C(C)C)n3)c2)ccc1Cl. The Bertz CT molecular complexity index is 1190. The molecule has 0 aliphatic carbocycles. The van der Waals surface area contributed by atoms with E-state index in [-0.39, 0.29) is 12.0 Å². The minimum Gasteiger partial charge on any atom is -0.447 e. The maximum atomic E-state index is 12.5. The quantitative estimate of drug-likeness (QED) is 0.445. The fraction of sp³-hybridized carbons (Fsp3) is 0.440. The van der Waals surface area contributed by atoms with Gasteiger partial charge >= 0.3 is 6.09 Å². The molecule has 1 amide bonds. The highest BCUT2D eigenvalue weighted by atomic mass is 35.5. The number of ether oxygens (including phenoxy) is 1. The van der Waals surface area contributed by atoms with E-state index in [1.807, 2.05) is 36.7 Å². The third kappa shape index (κ3) is 4.46. The zero-order valence-electron chi connectivity index (χ0n) is 20.4. The summed E-state index contributed by atoms with van der Waals surface area (Å²) in [6.07, 6.45) is 5.01. The minimum absolute atomic E-state index is 0.157. The van der Waals surface area contributed by atoms with Gasteiger partial charge < -0.3 is 14.6 Å². The molecule has 0 radical (unpaired) electrons. The number of carbonyl (C=O) groups excluding carboxylic acids is 1. The Morgan fingerprint density at radius 1 is 1.15 bits per heavy atom. The standard InChI is InChI=1S/C25H31ClN6O2/c1-15(2)19-11-18(7-8-20(19)26)31-12-21(28-14-31)17(5)29-23-27-10-9-22(30-23)32-24(33)34-13-25(32,6)16(3)4/h7-12,14-17H,13H2,1-6H3,(H,27,29,30)/t17-,25-/m0/s1. The number of nitrogens with one attached hydrogen (secondary N) is 1. The summed E-state index contributed by atoms with van der Waals surface area (Å²) in [5.74, 6) is 1.44. The first-order chi connectivity index (χ1) is 16.1. The van der Waals surface area contributed by atoms with E-state index in [9.17, 15) is 4.79 Å². The molecule has 0 bridgehead atoms. The van der Waals surface area contributed by atoms with Gasteiger partial charge in [0.25, 0.3) is 0 Å². The molecule has 4 rings (SSSR count). The summed E-state index contributed by atoms with van der Waals surface area (Å²) < 4.78 is 7.32. The molecule has 8 nitrogen and oxygen atoms in total. The van der Waals surface area contributed by atoms with Gasteiger partial charge in [0.2, 0.25) is 5.95 Å². The van der Waals surface area contributed by atoms with Gasteiger partial charge in [0.15, 0.2) is 0 Å². The van der Waals surface area contributed by atoms with Crippen molar-refractivity contribution in [1.82, 2.24) is 19.5 Å². The molecule has 1 aliphatic rings. The largest absolute Gasteiger partial charge is 0.447 e. The molecular formula is C25H31ClN6O2. The van der Waals surface area contributed by atoms with E-state index in [0.717, 1.165) is 22.0 Å². The van der Waals surface area contributed by atoms with Crippen LogP contribution in [0.2, 0.25) is 5.02 Å². The Morgan fingerprint density at radius 3 is 2.62 bits per heavy atom. The predicted molar refractivity (Wildman–Crippen MR) is 134 cm³/mol. The number of hydrogen-bond donors (Lipinski definition) is 1. The molecule has 0 spiro atoms. The highest BCUT2D eigenvalue weighted by Crippen LogP contribution is 2.35. The van der Waals surface area contributed by atoms with E-state index in [1.165, 1.54) is 0 Å². The first kappa shape index (κ1) is 24.0. The molecule has 9 heteroatoms. The van der Waals surface area contributed by atoms with Crippen LogP contribution in [0.3, 0.4) is 0 Å². The molecule has 1 fully saturated rings. The van der Waals surface area contributed by atoms with Crippen LogP contribution < -0.4 is 10.2 Å². The average Bonchev–Trinajstić information content (AvgIpc) is 3.40. The monoisotopic (exact) mass is 482 g/mol. The highest BCUT2D eigenvalue weighted by Gasteiger charge is 2.47. The third-order valence-corrected chi connectivity index (χ3v) is 6.93. The molecule has 180 valence electrons. The maximum absolute atomic E-state index is 12.5. The van der Waals surface area contributed by atoms with Gasteiger partial charge in [0, 0.05) is 23.1 Å². The van der Waals surface area contributed by atoms with Gasteiger partial charge in [-0.05, 0) is 55.5 Å². The molecule has 0 saturated carbocycles. The third-order valence-electron chi connectivity index (χ3n) is 6.59. The summed E-state index contributed by atoms with van der Waals surface area (Å²) >= 11 is 6.35. The molecule has 1 N–H and O–H groups in total. The highest BCUT2D eigenvalue weighted by molar-refractivity contribution is 6.31. The summed E-state index contributed by atoms with van der Waals surface area (Å²) in [5.41, 5.74) is 2.46. The van der Waals surface area contributed by atoms with Gasteiger partial charge in [0.05, 0.1) is 23.6 Å². The Hall–Kier alpha value is -3.13. The van der Waals surface area contributed by atoms with Crippen molar-refractivity contribution in [2.45, 2.75) is 59.0 Å². The van der Waals surface area contributed by atoms with Gasteiger partial charge in [-0.25, -0.2) is 14.8 Å². The number of rotatable bonds is 7. The number of amides is 1. The number of imidazole rings is 1. The average molecular weight is 483 g/mol. The number of benzene rings is 1. The van der Waals surface area contributed by atoms with Crippen molar-refractivity contribution in [3.05, 3.63) is 59.3 Å². The molecular weight excluding hydrogens is 452 g/mol. The summed E-state index contributed by atoms with van der Waals surface area (Å²) in [6, 6.07) is 7.55. The van der Waals surface area contributed by atoms with Gasteiger partial charge in [-0.3, -0.25) is 4.90 Å². The molecule has 0 unspecified atom stereocenters. The van der Waals surface area contributed by atoms with E-state index in [4.69, 9.17) is 16.3 Å². The lowest BCUT2D eigenvalue weighted by molar-refractivity contribution is 0.168. The van der Waals surface area contributed by atoms with E-state index < -0.39 is 11.6 Å². The van der Waals surface area contributed by atoms with Gasteiger partial charge in [-0.2, -0.15) is 4.98 Å². The topological polar surface area (TPSA) is 85.2 Å². The van der Waals surface area contributed by atoms with Crippen LogP contribution >= 0.6 is 11.6 Å². The lowest BCUT2D eigenvalue weighted by Crippen LogP contribution is -2.49. The van der Waals surface area contributed by atoms with Gasteiger partial charge in [-0.1, -0.05) is 39.3 Å². The van der Waals surface area contributed by atoms with Crippen molar-refractivity contribution in [1.29, 1.82) is 0 Å². The summed E-state index contributed by atoms with van der Waals surface area (Å²) in [6.45, 7) is 12.7. The number of hydrogen-bond acceptors (Lipinski definition) is 6. The zero-order valence-corrected chi connectivity index (χ0v) is 21.2. The maximum Gasteiger partial charge on any atom is 0.416 e. The summed E-state index contributed by atoms with van der Waals surface area (Å²) in [5, 5.41) is 4.06. The zero-order chi connectivity index (χ0) is 24.6. The van der Waals surface area contributed by atoms with Crippen LogP contribution in [0, 0.1) is 5.92 Å². The fourth-order valence-corrected chi connectivity index (χ4v) is 4.31. The van der Waals surface area contributed by atoms with E-state index in [1.54, 1.807) is 23.5 Å². The van der Waals surface area contributed by atoms with Crippen molar-refractivity contribution in [2.24, 2.45) is 5.92 Å². The molecule has 1 aromatic carbocycles. The van der Waals surface area contributed by atoms with Crippen LogP contribution in [0.5, 0.6) is 0 Å². The molecule has 2 aromatic heterocycles. The molecule has 34 heavy (non-hydrogen) atoms. The molecule has 2 atom stereocenters. The first-order valence-electron chi connectivity index (χ1n) is 11.5. The first-order valence-corrected chi connectivity index (χ1v) is 11.9. The Kier molecular flexibility index (Phi) is 6.53. The number of nitrogens with zero attached hydrogens (tertiary/aromatic N) is 5. The van der Waals surface area contributed by atoms with Crippen LogP contribution in [0.15, 0.2) is 43.0 Å². The Labute approximate surface area is 205 Å². The van der Waals surface area contributed by atoms with Crippen LogP contribution in [0.25, 0.3) is 5.69 Å². The lowest BCUT2D eigenvalue weighted by Gasteiger charge is -2.34. The van der Waals surface area contributed by atoms with Crippen LogP contribution in [-0.4, -0.2) is 37.8 Å². The number of carbonyl (C=O) groups is 1. The number of anilines is 2. The normalized spacial score (nSPS) is 19.1. The van der Waals surface area contributed by atoms with Crippen LogP contribution in [0.4, 0.5) is 16.6 Å². The second-order valence-electron chi connectivity index (χ2n) is 9.57. The lowest BCUT2D eigenvalue weighted by atomic mass is 9.88. The summed E-state index contributed by atoms with van der Waals surface area (Å²) in [7, 11) is 0. The van der Waals surface area contributed by atoms with E-state index in [0.29, 0.717) is 24.3 Å². The Morgan fingerprint density at radius 2 is 1.91 bits per heavy atom. The van der Waals surface area contributed by atoms with E-state index in [2.05, 4.69) is 54.0 Å². The summed E-state index contributed by atoms with van der Waals surface area (Å²) in [4.78, 5) is 27.6. The second kappa shape index (κ2) is 9.25. The van der Waals surface area contributed by atoms with Crippen molar-refractivity contribution in [3.8, 4) is 5.69 Å². The minimum atomic E-state index is -0.472. The molecule has 1 saturated heterocycles. The predicted octanol–water partition coefficient (Wildman–Crippen LogP) is 5.98. The fourth-order valence-electron chi connectivity index (χ4n) is 3.97. The smallest absolute Gasteiger partial charge is 0.416 e. The van der Waals surface area contributed by atoms with Gasteiger partial charge in [0.1, 0.15) is 12.4 Å². The number of cyclic esters (lactones) is 1. The van der Waals surface area contributed by atoms with Crippen molar-refractivity contribution >= 4 is 29.5 Å². The van der Waals surface area contributed by atoms with Crippen LogP contribution in [0.1, 0.15) is 64.8 Å². The van der Waals surface area contributed by atoms with E-state index >= 15 is 0 Å². The molecule has 3 heterocycles. The van der Waals surface area contributed by atoms with Crippen molar-refractivity contribution in [2.75, 3.05) is 16.8 Å².